The molecule has 0 heterocycles. The van der Waals surface area contributed by atoms with Gasteiger partial charge in [-0.3, -0.25) is 0 Å². The minimum absolute atomic E-state index is 0.743. The predicted molar refractivity (Wildman–Crippen MR) is 62.8 cm³/mol. The molecule has 0 saturated carbocycles. The van der Waals surface area contributed by atoms with Crippen LogP contribution in [0.25, 0.3) is 5.57 Å². The molecule has 15 heavy (non-hydrogen) atoms. The lowest BCUT2D eigenvalue weighted by atomic mass is 10.0. The molecule has 76 valence electrons. The van der Waals surface area contributed by atoms with Crippen LogP contribution < -0.4 is 0 Å². The van der Waals surface area contributed by atoms with Gasteiger partial charge in [0.2, 0.25) is 0 Å². The second kappa shape index (κ2) is 6.65. The second-order valence-corrected chi connectivity index (χ2v) is 3.36. The van der Waals surface area contributed by atoms with Gasteiger partial charge in [0.15, 0.2) is 0 Å². The molecule has 1 aromatic carbocycles. The fourth-order valence-corrected chi connectivity index (χ4v) is 1.42. The van der Waals surface area contributed by atoms with Crippen molar-refractivity contribution in [1.29, 1.82) is 0 Å². The van der Waals surface area contributed by atoms with Gasteiger partial charge < -0.3 is 0 Å². The highest BCUT2D eigenvalue weighted by molar-refractivity contribution is 5.87. The lowest BCUT2D eigenvalue weighted by molar-refractivity contribution is 0.568. The minimum atomic E-state index is 0.743. The first-order chi connectivity index (χ1) is 7.38. The summed E-state index contributed by atoms with van der Waals surface area (Å²) in [6, 6.07) is 9.65. The summed E-state index contributed by atoms with van der Waals surface area (Å²) in [7, 11) is 0. The van der Waals surface area contributed by atoms with Crippen molar-refractivity contribution < 1.29 is 4.79 Å². The molecule has 0 spiro atoms. The van der Waals surface area contributed by atoms with Crippen LogP contribution in [0.2, 0.25) is 0 Å². The van der Waals surface area contributed by atoms with Crippen LogP contribution in [-0.2, 0) is 4.79 Å². The van der Waals surface area contributed by atoms with Crippen LogP contribution in [0.5, 0.6) is 0 Å². The number of benzene rings is 1. The molecule has 0 aliphatic rings. The van der Waals surface area contributed by atoms with Gasteiger partial charge in [-0.1, -0.05) is 30.3 Å². The molecule has 1 heteroatoms. The van der Waals surface area contributed by atoms with Crippen molar-refractivity contribution in [1.82, 2.24) is 0 Å². The molecule has 0 unspecified atom stereocenters. The highest BCUT2D eigenvalue weighted by atomic mass is 16.1. The van der Waals surface area contributed by atoms with E-state index in [-0.39, 0.29) is 0 Å². The number of hydrogen-bond donors (Lipinski definition) is 0. The molecule has 0 atom stereocenters. The molecule has 0 radical (unpaired) electrons. The number of unbranched alkanes of at least 4 members (excludes halogenated alkanes) is 2. The largest absolute Gasteiger partial charge is 0.233 e. The lowest BCUT2D eigenvalue weighted by Gasteiger charge is -2.01. The third kappa shape index (κ3) is 3.85. The van der Waals surface area contributed by atoms with Gasteiger partial charge in [0.1, 0.15) is 5.94 Å². The number of rotatable bonds is 5. The number of terminal acetylenes is 1. The number of allylic oxidation sites excluding steroid dienone is 1. The first-order valence-corrected chi connectivity index (χ1v) is 5.11. The van der Waals surface area contributed by atoms with Crippen molar-refractivity contribution >= 4 is 11.5 Å². The van der Waals surface area contributed by atoms with Crippen molar-refractivity contribution in [2.45, 2.75) is 25.7 Å². The number of carbonyl (C=O) groups excluding carboxylic acids is 1. The summed E-state index contributed by atoms with van der Waals surface area (Å²) in [5, 5.41) is 0. The van der Waals surface area contributed by atoms with Crippen LogP contribution in [0.1, 0.15) is 31.2 Å². The summed E-state index contributed by atoms with van der Waals surface area (Å²) >= 11 is 0. The maximum atomic E-state index is 10.8. The quantitative estimate of drug-likeness (QED) is 0.403. The lowest BCUT2D eigenvalue weighted by Crippen LogP contribution is -1.86. The fourth-order valence-electron chi connectivity index (χ4n) is 1.42. The van der Waals surface area contributed by atoms with Crippen LogP contribution in [-0.4, -0.2) is 5.94 Å². The first-order valence-electron chi connectivity index (χ1n) is 5.11. The average molecular weight is 198 g/mol. The van der Waals surface area contributed by atoms with Crippen molar-refractivity contribution in [2.24, 2.45) is 0 Å². The fraction of sp³-hybridized carbons (Fsp3) is 0.286. The van der Waals surface area contributed by atoms with E-state index in [1.54, 1.807) is 0 Å². The molecule has 0 aromatic heterocycles. The zero-order chi connectivity index (χ0) is 10.9. The molecule has 0 bridgehead atoms. The monoisotopic (exact) mass is 198 g/mol. The Kier molecular flexibility index (Phi) is 5.01. The Balaban J connectivity index is 2.53. The molecule has 0 N–H and O–H groups in total. The first kappa shape index (κ1) is 11.3. The number of hydrogen-bond acceptors (Lipinski definition) is 1. The highest BCUT2D eigenvalue weighted by Crippen LogP contribution is 2.17. The minimum Gasteiger partial charge on any atom is -0.233 e. The van der Waals surface area contributed by atoms with Crippen LogP contribution >= 0.6 is 0 Å². The normalized spacial score (nSPS) is 9.00. The summed E-state index contributed by atoms with van der Waals surface area (Å²) in [4.78, 5) is 10.8. The average Bonchev–Trinajstić information content (AvgIpc) is 2.30. The van der Waals surface area contributed by atoms with E-state index in [1.165, 1.54) is 0 Å². The van der Waals surface area contributed by atoms with E-state index >= 15 is 0 Å². The van der Waals surface area contributed by atoms with Gasteiger partial charge >= 0.3 is 0 Å². The Hall–Kier alpha value is -1.77. The summed E-state index contributed by atoms with van der Waals surface area (Å²) in [5.74, 6) is 4.60. The van der Waals surface area contributed by atoms with Crippen molar-refractivity contribution in [3.63, 3.8) is 0 Å². The van der Waals surface area contributed by atoms with Gasteiger partial charge in [0, 0.05) is 12.0 Å². The van der Waals surface area contributed by atoms with Crippen LogP contribution in [0.15, 0.2) is 30.3 Å². The Bertz CT molecular complexity index is 378. The maximum Gasteiger partial charge on any atom is 0.128 e. The van der Waals surface area contributed by atoms with E-state index in [2.05, 4.69) is 5.92 Å². The zero-order valence-corrected chi connectivity index (χ0v) is 8.70. The van der Waals surface area contributed by atoms with E-state index in [0.29, 0.717) is 0 Å². The molecule has 0 saturated heterocycles. The Morgan fingerprint density at radius 2 is 1.93 bits per heavy atom. The molecule has 0 amide bonds. The molecule has 1 nitrogen and oxygen atoms in total. The molecule has 0 aliphatic carbocycles. The molecule has 0 aliphatic heterocycles. The smallest absolute Gasteiger partial charge is 0.128 e. The maximum absolute atomic E-state index is 10.8. The van der Waals surface area contributed by atoms with Gasteiger partial charge in [0.05, 0.1) is 0 Å². The Labute approximate surface area is 90.8 Å². The molecule has 0 fully saturated rings. The standard InChI is InChI=1S/C14H14O/c1-2-3-4-6-11-14(12-15)13-9-7-5-8-10-13/h1,5,7-10H,3-4,6,11H2. The van der Waals surface area contributed by atoms with Crippen LogP contribution in [0, 0.1) is 12.3 Å². The summed E-state index contributed by atoms with van der Waals surface area (Å²) in [6.07, 6.45) is 8.61. The van der Waals surface area contributed by atoms with Gasteiger partial charge in [-0.05, 0) is 24.8 Å². The van der Waals surface area contributed by atoms with E-state index in [9.17, 15) is 4.79 Å². The van der Waals surface area contributed by atoms with Gasteiger partial charge in [0.25, 0.3) is 0 Å². The van der Waals surface area contributed by atoms with Crippen molar-refractivity contribution in [3.05, 3.63) is 35.9 Å². The molecular formula is C14H14O. The summed E-state index contributed by atoms with van der Waals surface area (Å²) in [5.41, 5.74) is 1.71. The van der Waals surface area contributed by atoms with Crippen molar-refractivity contribution in [2.75, 3.05) is 0 Å². The van der Waals surface area contributed by atoms with Crippen LogP contribution in [0.3, 0.4) is 0 Å². The molecular weight excluding hydrogens is 184 g/mol. The second-order valence-electron chi connectivity index (χ2n) is 3.36. The molecule has 1 aromatic rings. The third-order valence-corrected chi connectivity index (χ3v) is 2.24. The summed E-state index contributed by atoms with van der Waals surface area (Å²) < 4.78 is 0. The predicted octanol–water partition coefficient (Wildman–Crippen LogP) is 3.10. The van der Waals surface area contributed by atoms with E-state index in [1.807, 2.05) is 36.3 Å². The topological polar surface area (TPSA) is 17.1 Å². The molecule has 1 rings (SSSR count). The summed E-state index contributed by atoms with van der Waals surface area (Å²) in [6.45, 7) is 0. The van der Waals surface area contributed by atoms with E-state index in [0.717, 1.165) is 36.8 Å². The van der Waals surface area contributed by atoms with Gasteiger partial charge in [-0.25, -0.2) is 4.79 Å². The van der Waals surface area contributed by atoms with E-state index in [4.69, 9.17) is 6.42 Å². The highest BCUT2D eigenvalue weighted by Gasteiger charge is 2.01. The van der Waals surface area contributed by atoms with Gasteiger partial charge in [-0.2, -0.15) is 0 Å². The SMILES string of the molecule is C#CCCCCC(=C=O)c1ccccc1. The van der Waals surface area contributed by atoms with E-state index < -0.39 is 0 Å². The van der Waals surface area contributed by atoms with Crippen molar-refractivity contribution in [3.8, 4) is 12.3 Å². The zero-order valence-electron chi connectivity index (χ0n) is 8.70. The third-order valence-electron chi connectivity index (χ3n) is 2.24. The van der Waals surface area contributed by atoms with Gasteiger partial charge in [-0.15, -0.1) is 12.3 Å². The Morgan fingerprint density at radius 3 is 2.53 bits per heavy atom. The van der Waals surface area contributed by atoms with Crippen LogP contribution in [0.4, 0.5) is 0 Å². The Morgan fingerprint density at radius 1 is 1.20 bits per heavy atom.